The van der Waals surface area contributed by atoms with E-state index < -0.39 is 0 Å². The highest BCUT2D eigenvalue weighted by atomic mass is 16.5. The van der Waals surface area contributed by atoms with Gasteiger partial charge in [0.2, 0.25) is 0 Å². The second kappa shape index (κ2) is 4.70. The highest BCUT2D eigenvalue weighted by molar-refractivity contribution is 5.50. The van der Waals surface area contributed by atoms with Gasteiger partial charge in [-0.15, -0.1) is 0 Å². The zero-order valence-corrected chi connectivity index (χ0v) is 11.3. The number of aromatic nitrogens is 2. The van der Waals surface area contributed by atoms with Crippen LogP contribution in [0, 0.1) is 6.92 Å². The number of aliphatic hydroxyl groups is 1. The van der Waals surface area contributed by atoms with Crippen molar-refractivity contribution in [1.82, 2.24) is 9.78 Å². The van der Waals surface area contributed by atoms with Gasteiger partial charge < -0.3 is 9.84 Å². The SMILES string of the molecule is COc1ccc(C)cc1-n1nc(CO)cc1C1CC1. The quantitative estimate of drug-likeness (QED) is 0.916. The second-order valence-electron chi connectivity index (χ2n) is 5.08. The summed E-state index contributed by atoms with van der Waals surface area (Å²) < 4.78 is 7.36. The molecule has 0 spiro atoms. The number of hydrogen-bond acceptors (Lipinski definition) is 3. The summed E-state index contributed by atoms with van der Waals surface area (Å²) >= 11 is 0. The molecule has 2 aromatic rings. The Bertz CT molecular complexity index is 600. The lowest BCUT2D eigenvalue weighted by Crippen LogP contribution is -2.04. The minimum absolute atomic E-state index is 0.0269. The van der Waals surface area contributed by atoms with Gasteiger partial charge in [-0.05, 0) is 43.5 Å². The monoisotopic (exact) mass is 258 g/mol. The molecular weight excluding hydrogens is 240 g/mol. The van der Waals surface area contributed by atoms with Crippen LogP contribution in [0.2, 0.25) is 0 Å². The van der Waals surface area contributed by atoms with Crippen LogP contribution in [0.1, 0.15) is 35.7 Å². The number of rotatable bonds is 4. The van der Waals surface area contributed by atoms with E-state index in [4.69, 9.17) is 4.74 Å². The van der Waals surface area contributed by atoms with Crippen molar-refractivity contribution >= 4 is 0 Å². The summed E-state index contributed by atoms with van der Waals surface area (Å²) in [6.45, 7) is 2.02. The molecule has 0 amide bonds. The zero-order valence-electron chi connectivity index (χ0n) is 11.3. The van der Waals surface area contributed by atoms with E-state index in [1.54, 1.807) is 7.11 Å². The van der Waals surface area contributed by atoms with E-state index in [1.807, 2.05) is 22.9 Å². The number of aliphatic hydroxyl groups excluding tert-OH is 1. The molecule has 0 unspecified atom stereocenters. The Morgan fingerprint density at radius 1 is 1.37 bits per heavy atom. The van der Waals surface area contributed by atoms with Crippen LogP contribution in [-0.2, 0) is 6.61 Å². The number of hydrogen-bond donors (Lipinski definition) is 1. The molecule has 0 bridgehead atoms. The Labute approximate surface area is 112 Å². The van der Waals surface area contributed by atoms with Gasteiger partial charge in [0, 0.05) is 11.6 Å². The van der Waals surface area contributed by atoms with E-state index in [0.717, 1.165) is 11.4 Å². The van der Waals surface area contributed by atoms with E-state index in [0.29, 0.717) is 11.6 Å². The van der Waals surface area contributed by atoms with E-state index in [2.05, 4.69) is 18.1 Å². The first kappa shape index (κ1) is 12.2. The smallest absolute Gasteiger partial charge is 0.144 e. The lowest BCUT2D eigenvalue weighted by Gasteiger charge is -2.12. The molecule has 4 heteroatoms. The summed E-state index contributed by atoms with van der Waals surface area (Å²) in [4.78, 5) is 0. The van der Waals surface area contributed by atoms with Gasteiger partial charge in [-0.2, -0.15) is 5.10 Å². The number of methoxy groups -OCH3 is 1. The Balaban J connectivity index is 2.15. The lowest BCUT2D eigenvalue weighted by atomic mass is 10.2. The van der Waals surface area contributed by atoms with Crippen LogP contribution in [0.15, 0.2) is 24.3 Å². The predicted octanol–water partition coefficient (Wildman–Crippen LogP) is 2.56. The highest BCUT2D eigenvalue weighted by Gasteiger charge is 2.29. The number of ether oxygens (including phenoxy) is 1. The van der Waals surface area contributed by atoms with Gasteiger partial charge in [0.25, 0.3) is 0 Å². The van der Waals surface area contributed by atoms with Gasteiger partial charge in [-0.1, -0.05) is 6.07 Å². The molecule has 1 aliphatic carbocycles. The molecule has 0 aliphatic heterocycles. The summed E-state index contributed by atoms with van der Waals surface area (Å²) in [6, 6.07) is 8.05. The Kier molecular flexibility index (Phi) is 3.03. The van der Waals surface area contributed by atoms with E-state index in [-0.39, 0.29) is 6.61 Å². The van der Waals surface area contributed by atoms with E-state index in [9.17, 15) is 5.11 Å². The molecule has 3 rings (SSSR count). The first-order valence-electron chi connectivity index (χ1n) is 6.57. The maximum Gasteiger partial charge on any atom is 0.144 e. The average molecular weight is 258 g/mol. The molecule has 1 fully saturated rings. The summed E-state index contributed by atoms with van der Waals surface area (Å²) in [5.41, 5.74) is 4.00. The molecule has 0 atom stereocenters. The fourth-order valence-corrected chi connectivity index (χ4v) is 2.35. The molecular formula is C15H18N2O2. The fraction of sp³-hybridized carbons (Fsp3) is 0.400. The average Bonchev–Trinajstić information content (AvgIpc) is 3.18. The standard InChI is InChI=1S/C15H18N2O2/c1-10-3-6-15(19-2)14(7-10)17-13(11-4-5-11)8-12(9-18)16-17/h3,6-8,11,18H,4-5,9H2,1-2H3. The summed E-state index contributed by atoms with van der Waals surface area (Å²) in [7, 11) is 1.67. The third-order valence-corrected chi connectivity index (χ3v) is 3.51. The van der Waals surface area contributed by atoms with Gasteiger partial charge in [0.15, 0.2) is 0 Å². The van der Waals surface area contributed by atoms with Crippen molar-refractivity contribution in [2.75, 3.05) is 7.11 Å². The molecule has 0 radical (unpaired) electrons. The third kappa shape index (κ3) is 2.24. The van der Waals surface area contributed by atoms with Crippen molar-refractivity contribution in [3.05, 3.63) is 41.2 Å². The minimum Gasteiger partial charge on any atom is -0.494 e. The van der Waals surface area contributed by atoms with Crippen LogP contribution in [0.3, 0.4) is 0 Å². The van der Waals surface area contributed by atoms with Gasteiger partial charge in [0.05, 0.1) is 19.4 Å². The largest absolute Gasteiger partial charge is 0.494 e. The van der Waals surface area contributed by atoms with Crippen LogP contribution in [0.5, 0.6) is 5.75 Å². The molecule has 4 nitrogen and oxygen atoms in total. The minimum atomic E-state index is -0.0269. The van der Waals surface area contributed by atoms with Gasteiger partial charge >= 0.3 is 0 Å². The zero-order chi connectivity index (χ0) is 13.4. The van der Waals surface area contributed by atoms with Crippen LogP contribution in [0.4, 0.5) is 0 Å². The molecule has 100 valence electrons. The number of aryl methyl sites for hydroxylation is 1. The maximum atomic E-state index is 9.30. The lowest BCUT2D eigenvalue weighted by molar-refractivity contribution is 0.276. The maximum absolute atomic E-state index is 9.30. The Morgan fingerprint density at radius 2 is 2.16 bits per heavy atom. The molecule has 1 aromatic heterocycles. The van der Waals surface area contributed by atoms with Gasteiger partial charge in [-0.25, -0.2) is 4.68 Å². The summed E-state index contributed by atoms with van der Waals surface area (Å²) in [5.74, 6) is 1.37. The first-order valence-corrected chi connectivity index (χ1v) is 6.57. The molecule has 0 saturated heterocycles. The first-order chi connectivity index (χ1) is 9.22. The molecule has 1 N–H and O–H groups in total. The highest BCUT2D eigenvalue weighted by Crippen LogP contribution is 2.42. The Hall–Kier alpha value is -1.81. The van der Waals surface area contributed by atoms with Crippen molar-refractivity contribution < 1.29 is 9.84 Å². The van der Waals surface area contributed by atoms with Crippen molar-refractivity contribution in [2.24, 2.45) is 0 Å². The number of benzene rings is 1. The van der Waals surface area contributed by atoms with E-state index in [1.165, 1.54) is 24.1 Å². The summed E-state index contributed by atoms with van der Waals surface area (Å²) in [5, 5.41) is 13.8. The van der Waals surface area contributed by atoms with Crippen molar-refractivity contribution in [3.8, 4) is 11.4 Å². The van der Waals surface area contributed by atoms with Crippen LogP contribution in [-0.4, -0.2) is 22.0 Å². The molecule has 19 heavy (non-hydrogen) atoms. The van der Waals surface area contributed by atoms with E-state index >= 15 is 0 Å². The number of nitrogens with zero attached hydrogens (tertiary/aromatic N) is 2. The molecule has 1 aliphatic rings. The van der Waals surface area contributed by atoms with Crippen LogP contribution < -0.4 is 4.74 Å². The predicted molar refractivity (Wildman–Crippen MR) is 72.8 cm³/mol. The van der Waals surface area contributed by atoms with Crippen molar-refractivity contribution in [2.45, 2.75) is 32.3 Å². The Morgan fingerprint density at radius 3 is 2.79 bits per heavy atom. The summed E-state index contributed by atoms with van der Waals surface area (Å²) in [6.07, 6.45) is 2.40. The third-order valence-electron chi connectivity index (χ3n) is 3.51. The second-order valence-corrected chi connectivity index (χ2v) is 5.08. The van der Waals surface area contributed by atoms with Crippen LogP contribution in [0.25, 0.3) is 5.69 Å². The normalized spacial score (nSPS) is 14.7. The molecule has 1 heterocycles. The van der Waals surface area contributed by atoms with Crippen LogP contribution >= 0.6 is 0 Å². The fourth-order valence-electron chi connectivity index (χ4n) is 2.35. The molecule has 1 saturated carbocycles. The van der Waals surface area contributed by atoms with Gasteiger partial charge in [0.1, 0.15) is 11.4 Å². The van der Waals surface area contributed by atoms with Gasteiger partial charge in [-0.3, -0.25) is 0 Å². The van der Waals surface area contributed by atoms with Crippen molar-refractivity contribution in [3.63, 3.8) is 0 Å². The topological polar surface area (TPSA) is 47.3 Å². The molecule has 1 aromatic carbocycles. The van der Waals surface area contributed by atoms with Crippen molar-refractivity contribution in [1.29, 1.82) is 0 Å².